The van der Waals surface area contributed by atoms with Crippen molar-refractivity contribution >= 4 is 26.9 Å². The van der Waals surface area contributed by atoms with Crippen LogP contribution in [0.5, 0.6) is 0 Å². The Labute approximate surface area is 95.5 Å². The summed E-state index contributed by atoms with van der Waals surface area (Å²) in [6, 6.07) is 0. The predicted molar refractivity (Wildman–Crippen MR) is 74.4 cm³/mol. The second-order valence-corrected chi connectivity index (χ2v) is 9.36. The quantitative estimate of drug-likeness (QED) is 0.401. The van der Waals surface area contributed by atoms with Gasteiger partial charge in [0.15, 0.2) is 0 Å². The molecular formula is C9H25BNOPS. The molecule has 5 heteroatoms. The van der Waals surface area contributed by atoms with Crippen molar-refractivity contribution in [2.24, 2.45) is 5.92 Å². The molecule has 0 rings (SSSR count). The van der Waals surface area contributed by atoms with Crippen LogP contribution >= 0.6 is 19.1 Å². The Bertz CT molecular complexity index is 158. The van der Waals surface area contributed by atoms with E-state index in [2.05, 4.69) is 27.0 Å². The van der Waals surface area contributed by atoms with E-state index in [0.29, 0.717) is 0 Å². The van der Waals surface area contributed by atoms with Gasteiger partial charge in [-0.15, -0.1) is 0 Å². The van der Waals surface area contributed by atoms with E-state index in [-0.39, 0.29) is 0 Å². The monoisotopic (exact) mass is 237 g/mol. The van der Waals surface area contributed by atoms with Crippen LogP contribution in [0.2, 0.25) is 6.32 Å². The van der Waals surface area contributed by atoms with Crippen LogP contribution in [-0.4, -0.2) is 37.7 Å². The van der Waals surface area contributed by atoms with Gasteiger partial charge in [0.1, 0.15) is 0 Å². The van der Waals surface area contributed by atoms with Gasteiger partial charge in [0, 0.05) is 0 Å². The minimum atomic E-state index is -2.36. The Balaban J connectivity index is 3.89. The van der Waals surface area contributed by atoms with Crippen LogP contribution in [0.25, 0.3) is 0 Å². The number of thiol groups is 1. The van der Waals surface area contributed by atoms with Crippen molar-refractivity contribution in [1.82, 2.24) is 4.67 Å². The molecule has 1 unspecified atom stereocenters. The molecule has 0 heterocycles. The first-order chi connectivity index (χ1) is 6.44. The molecule has 0 aromatic carbocycles. The normalized spacial score (nSPS) is 15.9. The molecule has 0 saturated carbocycles. The van der Waals surface area contributed by atoms with Gasteiger partial charge in [-0.25, -0.2) is 0 Å². The van der Waals surface area contributed by atoms with Crippen molar-refractivity contribution < 1.29 is 4.89 Å². The fraction of sp³-hybridized carbons (Fsp3) is 1.00. The Kier molecular flexibility index (Phi) is 7.50. The third kappa shape index (κ3) is 5.60. The van der Waals surface area contributed by atoms with E-state index < -0.39 is 6.84 Å². The summed E-state index contributed by atoms with van der Waals surface area (Å²) in [7, 11) is 6.05. The topological polar surface area (TPSA) is 23.5 Å². The summed E-state index contributed by atoms with van der Waals surface area (Å²) in [5, 5.41) is 0. The molecule has 0 saturated heterocycles. The van der Waals surface area contributed by atoms with Gasteiger partial charge in [0.25, 0.3) is 0 Å². The zero-order valence-electron chi connectivity index (χ0n) is 9.95. The summed E-state index contributed by atoms with van der Waals surface area (Å²) in [5.41, 5.74) is 0. The Morgan fingerprint density at radius 3 is 2.36 bits per heavy atom. The second-order valence-electron chi connectivity index (χ2n) is 4.27. The van der Waals surface area contributed by atoms with Crippen molar-refractivity contribution in [2.75, 3.05) is 20.3 Å². The van der Waals surface area contributed by atoms with E-state index >= 15 is 0 Å². The first-order valence-electron chi connectivity index (χ1n) is 5.56. The van der Waals surface area contributed by atoms with Crippen LogP contribution in [0.3, 0.4) is 0 Å². The van der Waals surface area contributed by atoms with Crippen LogP contribution in [0, 0.1) is 5.92 Å². The van der Waals surface area contributed by atoms with Crippen LogP contribution in [0.15, 0.2) is 0 Å². The average molecular weight is 237 g/mol. The molecule has 1 N–H and O–H groups in total. The van der Waals surface area contributed by atoms with Crippen molar-refractivity contribution in [3.8, 4) is 0 Å². The van der Waals surface area contributed by atoms with Crippen LogP contribution in [0.1, 0.15) is 26.2 Å². The van der Waals surface area contributed by atoms with E-state index in [1.165, 1.54) is 19.2 Å². The fourth-order valence-corrected chi connectivity index (χ4v) is 3.21. The molecule has 2 nitrogen and oxygen atoms in total. The van der Waals surface area contributed by atoms with E-state index in [4.69, 9.17) is 0 Å². The number of hydrogen-bond donors (Lipinski definition) is 2. The van der Waals surface area contributed by atoms with Gasteiger partial charge >= 0.3 is 95.2 Å². The van der Waals surface area contributed by atoms with E-state index in [0.717, 1.165) is 18.5 Å². The molecule has 0 amide bonds. The molecule has 0 radical (unpaired) electrons. The summed E-state index contributed by atoms with van der Waals surface area (Å²) in [5.74, 6) is 0.770. The predicted octanol–water partition coefficient (Wildman–Crippen LogP) is 1.82. The summed E-state index contributed by atoms with van der Waals surface area (Å²) in [6.45, 7) is -0.130. The molecule has 0 fully saturated rings. The van der Waals surface area contributed by atoms with E-state index in [1.807, 2.05) is 18.8 Å². The zero-order valence-corrected chi connectivity index (χ0v) is 11.8. The molecule has 0 aromatic heterocycles. The summed E-state index contributed by atoms with van der Waals surface area (Å²) in [6.07, 6.45) is 5.74. The molecule has 86 valence electrons. The van der Waals surface area contributed by atoms with Crippen LogP contribution in [-0.2, 0) is 0 Å². The molecule has 0 aliphatic rings. The molecule has 0 aliphatic carbocycles. The van der Waals surface area contributed by atoms with Crippen molar-refractivity contribution in [3.05, 3.63) is 0 Å². The zero-order chi connectivity index (χ0) is 11.2. The Morgan fingerprint density at radius 1 is 1.43 bits per heavy atom. The van der Waals surface area contributed by atoms with Gasteiger partial charge in [0.05, 0.1) is 0 Å². The summed E-state index contributed by atoms with van der Waals surface area (Å²) >= 11 is 4.38. The molecular weight excluding hydrogens is 212 g/mol. The average Bonchev–Trinajstić information content (AvgIpc) is 2.12. The van der Waals surface area contributed by atoms with Crippen molar-refractivity contribution in [3.63, 3.8) is 0 Å². The van der Waals surface area contributed by atoms with Gasteiger partial charge in [-0.1, -0.05) is 0 Å². The SMILES string of the molecule is BCCC(CC)CC[PH](O)(S)N(C)C. The fourth-order valence-electron chi connectivity index (χ4n) is 1.58. The van der Waals surface area contributed by atoms with Gasteiger partial charge in [-0.3, -0.25) is 0 Å². The third-order valence-corrected chi connectivity index (χ3v) is 7.14. The van der Waals surface area contributed by atoms with Crippen LogP contribution < -0.4 is 0 Å². The Morgan fingerprint density at radius 2 is 2.00 bits per heavy atom. The molecule has 0 spiro atoms. The number of hydrogen-bond acceptors (Lipinski definition) is 3. The second kappa shape index (κ2) is 7.11. The van der Waals surface area contributed by atoms with Crippen molar-refractivity contribution in [2.45, 2.75) is 32.5 Å². The Hall–Kier alpha value is 0.765. The standard InChI is InChI=1S/C9H25BNOPS/c1-4-9(5-7-10)6-8-13(12,14)11(2)3/h9,12-14H,4-8,10H2,1-3H3. The number of nitrogens with zero attached hydrogens (tertiary/aromatic N) is 1. The molecule has 0 aromatic rings. The first-order valence-corrected chi connectivity index (χ1v) is 8.95. The summed E-state index contributed by atoms with van der Waals surface area (Å²) < 4.78 is 1.90. The van der Waals surface area contributed by atoms with E-state index in [1.54, 1.807) is 0 Å². The number of rotatable bonds is 7. The van der Waals surface area contributed by atoms with Gasteiger partial charge < -0.3 is 0 Å². The maximum absolute atomic E-state index is 10.0. The summed E-state index contributed by atoms with van der Waals surface area (Å²) in [4.78, 5) is 10.0. The molecule has 0 aliphatic heterocycles. The van der Waals surface area contributed by atoms with Crippen LogP contribution in [0.4, 0.5) is 0 Å². The molecule has 0 bridgehead atoms. The van der Waals surface area contributed by atoms with E-state index in [9.17, 15) is 4.89 Å². The first kappa shape index (κ1) is 14.8. The minimum absolute atomic E-state index is 0.770. The van der Waals surface area contributed by atoms with Gasteiger partial charge in [0.2, 0.25) is 0 Å². The van der Waals surface area contributed by atoms with Gasteiger partial charge in [-0.2, -0.15) is 0 Å². The molecule has 1 atom stereocenters. The molecule has 14 heavy (non-hydrogen) atoms. The van der Waals surface area contributed by atoms with Crippen molar-refractivity contribution in [1.29, 1.82) is 0 Å². The van der Waals surface area contributed by atoms with Gasteiger partial charge in [-0.05, 0) is 0 Å². The third-order valence-electron chi connectivity index (χ3n) is 2.88. The maximum atomic E-state index is 10.0.